The molecule has 33 heavy (non-hydrogen) atoms. The summed E-state index contributed by atoms with van der Waals surface area (Å²) < 4.78 is 11.6. The van der Waals surface area contributed by atoms with Gasteiger partial charge in [0, 0.05) is 16.5 Å². The van der Waals surface area contributed by atoms with Crippen LogP contribution in [0.1, 0.15) is 58.2 Å². The summed E-state index contributed by atoms with van der Waals surface area (Å²) in [5.41, 5.74) is 2.94. The molecular formula is C28H27NO4. The van der Waals surface area contributed by atoms with Crippen LogP contribution in [0.5, 0.6) is 5.75 Å². The standard InChI is InChI=1S/C28H27NO4/c1-3-4-7-18-32-22-16-14-21(15-17-22)28(31)29-25-23-8-5-6-9-24(23)33-27(25)26(30)20-12-10-19(2)11-13-20/h5-6,8-17H,3-4,7,18H2,1-2H3,(H,29,31). The summed E-state index contributed by atoms with van der Waals surface area (Å²) in [5, 5.41) is 3.57. The molecule has 5 nitrogen and oxygen atoms in total. The van der Waals surface area contributed by atoms with Gasteiger partial charge in [0.05, 0.1) is 12.3 Å². The number of unbranched alkanes of at least 4 members (excludes halogenated alkanes) is 2. The molecule has 3 aromatic carbocycles. The van der Waals surface area contributed by atoms with E-state index in [1.54, 1.807) is 42.5 Å². The zero-order valence-electron chi connectivity index (χ0n) is 18.9. The molecule has 0 saturated heterocycles. The van der Waals surface area contributed by atoms with Gasteiger partial charge >= 0.3 is 0 Å². The van der Waals surface area contributed by atoms with Crippen molar-refractivity contribution in [3.63, 3.8) is 0 Å². The van der Waals surface area contributed by atoms with E-state index in [1.165, 1.54) is 0 Å². The molecule has 5 heteroatoms. The minimum atomic E-state index is -0.322. The van der Waals surface area contributed by atoms with Gasteiger partial charge < -0.3 is 14.5 Å². The quantitative estimate of drug-likeness (QED) is 0.229. The minimum Gasteiger partial charge on any atom is -0.494 e. The highest BCUT2D eigenvalue weighted by Gasteiger charge is 2.23. The van der Waals surface area contributed by atoms with Gasteiger partial charge in [-0.3, -0.25) is 9.59 Å². The lowest BCUT2D eigenvalue weighted by Gasteiger charge is -2.08. The van der Waals surface area contributed by atoms with Crippen molar-refractivity contribution in [3.05, 3.63) is 95.2 Å². The highest BCUT2D eigenvalue weighted by molar-refractivity contribution is 6.18. The molecule has 0 aliphatic heterocycles. The Morgan fingerprint density at radius 3 is 2.30 bits per heavy atom. The highest BCUT2D eigenvalue weighted by Crippen LogP contribution is 2.33. The summed E-state index contributed by atoms with van der Waals surface area (Å²) in [5.74, 6) is 0.241. The van der Waals surface area contributed by atoms with Gasteiger partial charge in [0.25, 0.3) is 5.91 Å². The fourth-order valence-electron chi connectivity index (χ4n) is 3.60. The maximum Gasteiger partial charge on any atom is 0.255 e. The third-order valence-corrected chi connectivity index (χ3v) is 5.49. The summed E-state index contributed by atoms with van der Waals surface area (Å²) in [6.45, 7) is 4.77. The molecule has 1 N–H and O–H groups in total. The summed E-state index contributed by atoms with van der Waals surface area (Å²) in [4.78, 5) is 26.2. The number of fused-ring (bicyclic) bond motifs is 1. The van der Waals surface area contributed by atoms with E-state index in [2.05, 4.69) is 12.2 Å². The van der Waals surface area contributed by atoms with Crippen molar-refractivity contribution in [2.75, 3.05) is 11.9 Å². The molecule has 168 valence electrons. The van der Waals surface area contributed by atoms with Crippen molar-refractivity contribution in [1.82, 2.24) is 0 Å². The predicted octanol–water partition coefficient (Wildman–Crippen LogP) is 6.79. The summed E-state index contributed by atoms with van der Waals surface area (Å²) in [6, 6.07) is 21.6. The fourth-order valence-corrected chi connectivity index (χ4v) is 3.60. The molecule has 0 bridgehead atoms. The van der Waals surface area contributed by atoms with Crippen LogP contribution in [0.4, 0.5) is 5.69 Å². The Labute approximate surface area is 193 Å². The van der Waals surface area contributed by atoms with Gasteiger partial charge in [0.15, 0.2) is 5.76 Å². The van der Waals surface area contributed by atoms with E-state index in [9.17, 15) is 9.59 Å². The van der Waals surface area contributed by atoms with Crippen LogP contribution in [0, 0.1) is 6.92 Å². The smallest absolute Gasteiger partial charge is 0.255 e. The van der Waals surface area contributed by atoms with Crippen LogP contribution >= 0.6 is 0 Å². The number of hydrogen-bond acceptors (Lipinski definition) is 4. The molecule has 0 aliphatic carbocycles. The van der Waals surface area contributed by atoms with E-state index in [-0.39, 0.29) is 17.5 Å². The van der Waals surface area contributed by atoms with Gasteiger partial charge in [0.2, 0.25) is 5.78 Å². The van der Waals surface area contributed by atoms with Crippen LogP contribution in [0.2, 0.25) is 0 Å². The van der Waals surface area contributed by atoms with E-state index in [1.807, 2.05) is 37.3 Å². The first kappa shape index (κ1) is 22.3. The number of hydrogen-bond donors (Lipinski definition) is 1. The molecular weight excluding hydrogens is 414 g/mol. The molecule has 0 unspecified atom stereocenters. The van der Waals surface area contributed by atoms with E-state index >= 15 is 0 Å². The van der Waals surface area contributed by atoms with E-state index < -0.39 is 0 Å². The summed E-state index contributed by atoms with van der Waals surface area (Å²) in [7, 11) is 0. The van der Waals surface area contributed by atoms with Gasteiger partial charge in [-0.05, 0) is 49.7 Å². The van der Waals surface area contributed by atoms with E-state index in [4.69, 9.17) is 9.15 Å². The van der Waals surface area contributed by atoms with Crippen LogP contribution in [-0.4, -0.2) is 18.3 Å². The third-order valence-electron chi connectivity index (χ3n) is 5.49. The Balaban J connectivity index is 1.57. The minimum absolute atomic E-state index is 0.115. The van der Waals surface area contributed by atoms with E-state index in [0.717, 1.165) is 30.6 Å². The predicted molar refractivity (Wildman–Crippen MR) is 130 cm³/mol. The zero-order valence-corrected chi connectivity index (χ0v) is 18.9. The molecule has 0 spiro atoms. The largest absolute Gasteiger partial charge is 0.494 e. The Kier molecular flexibility index (Phi) is 6.89. The Bertz CT molecular complexity index is 1250. The molecule has 0 atom stereocenters. The maximum atomic E-state index is 13.2. The number of benzene rings is 3. The fraction of sp³-hybridized carbons (Fsp3) is 0.214. The number of amides is 1. The lowest BCUT2D eigenvalue weighted by Crippen LogP contribution is -2.14. The molecule has 0 aliphatic rings. The second-order valence-electron chi connectivity index (χ2n) is 8.03. The van der Waals surface area contributed by atoms with Crippen LogP contribution in [0.3, 0.4) is 0 Å². The number of anilines is 1. The first-order chi connectivity index (χ1) is 16.1. The van der Waals surface area contributed by atoms with Crippen molar-refractivity contribution in [2.24, 2.45) is 0 Å². The first-order valence-electron chi connectivity index (χ1n) is 11.2. The number of ether oxygens (including phenoxy) is 1. The highest BCUT2D eigenvalue weighted by atomic mass is 16.5. The van der Waals surface area contributed by atoms with Crippen LogP contribution in [-0.2, 0) is 0 Å². The number of para-hydroxylation sites is 1. The van der Waals surface area contributed by atoms with Crippen molar-refractivity contribution in [2.45, 2.75) is 33.1 Å². The Morgan fingerprint density at radius 1 is 0.879 bits per heavy atom. The number of ketones is 1. The van der Waals surface area contributed by atoms with Crippen molar-refractivity contribution >= 4 is 28.3 Å². The number of carbonyl (C=O) groups excluding carboxylic acids is 2. The maximum absolute atomic E-state index is 13.2. The molecule has 4 aromatic rings. The van der Waals surface area contributed by atoms with Gasteiger partial charge in [0.1, 0.15) is 11.3 Å². The van der Waals surface area contributed by atoms with Gasteiger partial charge in [-0.25, -0.2) is 0 Å². The molecule has 0 saturated carbocycles. The second-order valence-corrected chi connectivity index (χ2v) is 8.03. The molecule has 0 radical (unpaired) electrons. The third kappa shape index (κ3) is 5.14. The Hall–Kier alpha value is -3.86. The number of nitrogens with one attached hydrogen (secondary N) is 1. The molecule has 4 rings (SSSR count). The number of carbonyl (C=O) groups is 2. The topological polar surface area (TPSA) is 68.5 Å². The Morgan fingerprint density at radius 2 is 1.58 bits per heavy atom. The molecule has 0 fully saturated rings. The number of furan rings is 1. The van der Waals surface area contributed by atoms with Crippen LogP contribution in [0.25, 0.3) is 11.0 Å². The monoisotopic (exact) mass is 441 g/mol. The van der Waals surface area contributed by atoms with E-state index in [0.29, 0.717) is 34.4 Å². The normalized spacial score (nSPS) is 10.8. The first-order valence-corrected chi connectivity index (χ1v) is 11.2. The average molecular weight is 442 g/mol. The number of aryl methyl sites for hydroxylation is 1. The van der Waals surface area contributed by atoms with Gasteiger partial charge in [-0.1, -0.05) is 61.7 Å². The van der Waals surface area contributed by atoms with Gasteiger partial charge in [-0.2, -0.15) is 0 Å². The second kappa shape index (κ2) is 10.2. The van der Waals surface area contributed by atoms with Gasteiger partial charge in [-0.15, -0.1) is 0 Å². The lowest BCUT2D eigenvalue weighted by atomic mass is 10.1. The van der Waals surface area contributed by atoms with Crippen molar-refractivity contribution < 1.29 is 18.7 Å². The molecule has 1 aromatic heterocycles. The molecule has 1 amide bonds. The van der Waals surface area contributed by atoms with Crippen molar-refractivity contribution in [1.29, 1.82) is 0 Å². The lowest BCUT2D eigenvalue weighted by molar-refractivity contribution is 0.101. The zero-order chi connectivity index (χ0) is 23.2. The summed E-state index contributed by atoms with van der Waals surface area (Å²) >= 11 is 0. The average Bonchev–Trinajstić information content (AvgIpc) is 3.20. The SMILES string of the molecule is CCCCCOc1ccc(C(=O)Nc2c(C(=O)c3ccc(C)cc3)oc3ccccc23)cc1. The number of rotatable bonds is 9. The summed E-state index contributed by atoms with van der Waals surface area (Å²) in [6.07, 6.45) is 3.27. The molecule has 1 heterocycles. The van der Waals surface area contributed by atoms with Crippen LogP contribution in [0.15, 0.2) is 77.2 Å². The van der Waals surface area contributed by atoms with Crippen LogP contribution < -0.4 is 10.1 Å². The van der Waals surface area contributed by atoms with Crippen molar-refractivity contribution in [3.8, 4) is 5.75 Å².